The molecule has 1 saturated carbocycles. The largest absolute Gasteiger partial charge is 0.348 e. The standard InChI is InChI=1S/C21H25N5O2/c1-14-5-3-7-17(23-14)19(27)25-16-6-4-8-21(11-16)9-10-26(20(21)28)18-13-22-12-15(2)24-18/h3,5,7,12-13,16H,4,6,8-11H2,1-2H3,(H,25,27). The first-order valence-electron chi connectivity index (χ1n) is 9.82. The van der Waals surface area contributed by atoms with E-state index in [9.17, 15) is 9.59 Å². The summed E-state index contributed by atoms with van der Waals surface area (Å²) in [4.78, 5) is 40.6. The summed E-state index contributed by atoms with van der Waals surface area (Å²) in [5.41, 5.74) is 1.62. The van der Waals surface area contributed by atoms with Crippen LogP contribution in [0.15, 0.2) is 30.6 Å². The second-order valence-corrected chi connectivity index (χ2v) is 7.94. The summed E-state index contributed by atoms with van der Waals surface area (Å²) in [6.45, 7) is 4.39. The molecule has 2 aromatic rings. The van der Waals surface area contributed by atoms with Gasteiger partial charge in [-0.3, -0.25) is 19.5 Å². The smallest absolute Gasteiger partial charge is 0.270 e. The lowest BCUT2D eigenvalue weighted by Gasteiger charge is -2.36. The molecule has 7 heteroatoms. The summed E-state index contributed by atoms with van der Waals surface area (Å²) in [5.74, 6) is 0.564. The number of carbonyl (C=O) groups excluding carboxylic acids is 2. The maximum Gasteiger partial charge on any atom is 0.270 e. The van der Waals surface area contributed by atoms with Gasteiger partial charge in [0.15, 0.2) is 5.82 Å². The van der Waals surface area contributed by atoms with Crippen molar-refractivity contribution >= 4 is 17.6 Å². The normalized spacial score (nSPS) is 24.6. The number of hydrogen-bond acceptors (Lipinski definition) is 5. The number of aromatic nitrogens is 3. The fourth-order valence-electron chi connectivity index (χ4n) is 4.46. The summed E-state index contributed by atoms with van der Waals surface area (Å²) in [5, 5.41) is 3.10. The number of nitrogens with one attached hydrogen (secondary N) is 1. The van der Waals surface area contributed by atoms with Crippen LogP contribution in [0.3, 0.4) is 0 Å². The van der Waals surface area contributed by atoms with Gasteiger partial charge in [0.1, 0.15) is 5.69 Å². The van der Waals surface area contributed by atoms with Gasteiger partial charge in [0.05, 0.1) is 17.3 Å². The molecule has 146 valence electrons. The average molecular weight is 379 g/mol. The van der Waals surface area contributed by atoms with E-state index >= 15 is 0 Å². The van der Waals surface area contributed by atoms with E-state index in [2.05, 4.69) is 20.3 Å². The highest BCUT2D eigenvalue weighted by Crippen LogP contribution is 2.45. The van der Waals surface area contributed by atoms with Crippen LogP contribution in [0.25, 0.3) is 0 Å². The van der Waals surface area contributed by atoms with Gasteiger partial charge in [0.25, 0.3) is 5.91 Å². The number of pyridine rings is 1. The van der Waals surface area contributed by atoms with E-state index in [1.54, 1.807) is 23.4 Å². The predicted molar refractivity (Wildman–Crippen MR) is 105 cm³/mol. The Labute approximate surface area is 164 Å². The lowest BCUT2D eigenvalue weighted by Crippen LogP contribution is -2.46. The summed E-state index contributed by atoms with van der Waals surface area (Å²) in [7, 11) is 0. The fourth-order valence-corrected chi connectivity index (χ4v) is 4.46. The molecule has 2 amide bonds. The first-order chi connectivity index (χ1) is 13.5. The Morgan fingerprint density at radius 3 is 2.82 bits per heavy atom. The maximum absolute atomic E-state index is 13.3. The fraction of sp³-hybridized carbons (Fsp3) is 0.476. The SMILES string of the molecule is Cc1cccc(C(=O)NC2CCCC3(CCN(c4cncc(C)n4)C3=O)C2)n1. The molecule has 2 unspecified atom stereocenters. The number of rotatable bonds is 3. The maximum atomic E-state index is 13.3. The van der Waals surface area contributed by atoms with Gasteiger partial charge in [-0.1, -0.05) is 12.5 Å². The Morgan fingerprint density at radius 1 is 1.18 bits per heavy atom. The number of hydrogen-bond donors (Lipinski definition) is 1. The minimum Gasteiger partial charge on any atom is -0.348 e. The van der Waals surface area contributed by atoms with Crippen molar-refractivity contribution in [2.24, 2.45) is 5.41 Å². The third-order valence-electron chi connectivity index (χ3n) is 5.83. The van der Waals surface area contributed by atoms with Crippen LogP contribution >= 0.6 is 0 Å². The zero-order chi connectivity index (χ0) is 19.7. The van der Waals surface area contributed by atoms with Gasteiger partial charge in [-0.25, -0.2) is 9.97 Å². The number of nitrogens with zero attached hydrogens (tertiary/aromatic N) is 4. The molecule has 0 bridgehead atoms. The molecule has 1 saturated heterocycles. The van der Waals surface area contributed by atoms with E-state index in [-0.39, 0.29) is 17.9 Å². The van der Waals surface area contributed by atoms with Gasteiger partial charge in [-0.15, -0.1) is 0 Å². The van der Waals surface area contributed by atoms with Crippen LogP contribution < -0.4 is 10.2 Å². The van der Waals surface area contributed by atoms with Gasteiger partial charge >= 0.3 is 0 Å². The summed E-state index contributed by atoms with van der Waals surface area (Å²) < 4.78 is 0. The predicted octanol–water partition coefficient (Wildman–Crippen LogP) is 2.58. The number of amides is 2. The van der Waals surface area contributed by atoms with Gasteiger partial charge < -0.3 is 5.32 Å². The molecule has 2 fully saturated rings. The van der Waals surface area contributed by atoms with Crippen LogP contribution in [0.2, 0.25) is 0 Å². The first-order valence-corrected chi connectivity index (χ1v) is 9.82. The molecule has 1 aliphatic heterocycles. The molecule has 1 N–H and O–H groups in total. The lowest BCUT2D eigenvalue weighted by atomic mass is 9.71. The van der Waals surface area contributed by atoms with E-state index in [0.29, 0.717) is 24.5 Å². The summed E-state index contributed by atoms with van der Waals surface area (Å²) >= 11 is 0. The molecule has 7 nitrogen and oxygen atoms in total. The highest BCUT2D eigenvalue weighted by molar-refractivity contribution is 5.99. The van der Waals surface area contributed by atoms with Crippen molar-refractivity contribution in [3.05, 3.63) is 47.7 Å². The van der Waals surface area contributed by atoms with Crippen LogP contribution in [0.5, 0.6) is 0 Å². The van der Waals surface area contributed by atoms with Crippen molar-refractivity contribution in [3.8, 4) is 0 Å². The third-order valence-corrected chi connectivity index (χ3v) is 5.83. The van der Waals surface area contributed by atoms with E-state index in [1.807, 2.05) is 26.0 Å². The Balaban J connectivity index is 1.47. The highest BCUT2D eigenvalue weighted by atomic mass is 16.2. The van der Waals surface area contributed by atoms with Crippen molar-refractivity contribution in [2.45, 2.75) is 52.0 Å². The quantitative estimate of drug-likeness (QED) is 0.886. The Kier molecular flexibility index (Phi) is 4.83. The van der Waals surface area contributed by atoms with Gasteiger partial charge in [0, 0.05) is 24.5 Å². The molecule has 3 heterocycles. The molecular formula is C21H25N5O2. The zero-order valence-corrected chi connectivity index (χ0v) is 16.3. The van der Waals surface area contributed by atoms with Crippen LogP contribution in [0, 0.1) is 19.3 Å². The molecule has 1 spiro atoms. The minimum absolute atomic E-state index is 0.0175. The second-order valence-electron chi connectivity index (χ2n) is 7.94. The third kappa shape index (κ3) is 3.48. The van der Waals surface area contributed by atoms with Crippen LogP contribution in [0.4, 0.5) is 5.82 Å². The molecular weight excluding hydrogens is 354 g/mol. The van der Waals surface area contributed by atoms with Gasteiger partial charge in [0.2, 0.25) is 5.91 Å². The lowest BCUT2D eigenvalue weighted by molar-refractivity contribution is -0.127. The monoisotopic (exact) mass is 379 g/mol. The van der Waals surface area contributed by atoms with Gasteiger partial charge in [-0.05, 0) is 51.7 Å². The number of anilines is 1. The van der Waals surface area contributed by atoms with Crippen molar-refractivity contribution < 1.29 is 9.59 Å². The van der Waals surface area contributed by atoms with Crippen LogP contribution in [0.1, 0.15) is 54.0 Å². The summed E-state index contributed by atoms with van der Waals surface area (Å²) in [6, 6.07) is 5.41. The zero-order valence-electron chi connectivity index (χ0n) is 16.3. The van der Waals surface area contributed by atoms with Crippen molar-refractivity contribution in [3.63, 3.8) is 0 Å². The number of carbonyl (C=O) groups is 2. The number of aryl methyl sites for hydroxylation is 2. The van der Waals surface area contributed by atoms with Crippen LogP contribution in [-0.2, 0) is 4.79 Å². The molecule has 2 aliphatic rings. The summed E-state index contributed by atoms with van der Waals surface area (Å²) in [6.07, 6.45) is 7.45. The van der Waals surface area contributed by atoms with Crippen molar-refractivity contribution in [2.75, 3.05) is 11.4 Å². The molecule has 1 aliphatic carbocycles. The highest BCUT2D eigenvalue weighted by Gasteiger charge is 2.50. The first kappa shape index (κ1) is 18.5. The Hall–Kier alpha value is -2.83. The Morgan fingerprint density at radius 2 is 2.04 bits per heavy atom. The molecule has 0 aromatic carbocycles. The minimum atomic E-state index is -0.415. The van der Waals surface area contributed by atoms with E-state index < -0.39 is 5.41 Å². The van der Waals surface area contributed by atoms with Crippen molar-refractivity contribution in [1.82, 2.24) is 20.3 Å². The average Bonchev–Trinajstić information content (AvgIpc) is 2.97. The Bertz CT molecular complexity index is 915. The van der Waals surface area contributed by atoms with E-state index in [1.165, 1.54) is 0 Å². The van der Waals surface area contributed by atoms with E-state index in [4.69, 9.17) is 0 Å². The van der Waals surface area contributed by atoms with Crippen LogP contribution in [-0.4, -0.2) is 39.4 Å². The van der Waals surface area contributed by atoms with Gasteiger partial charge in [-0.2, -0.15) is 0 Å². The molecule has 2 aromatic heterocycles. The van der Waals surface area contributed by atoms with Crippen molar-refractivity contribution in [1.29, 1.82) is 0 Å². The molecule has 28 heavy (non-hydrogen) atoms. The molecule has 2 atom stereocenters. The van der Waals surface area contributed by atoms with E-state index in [0.717, 1.165) is 37.1 Å². The second kappa shape index (κ2) is 7.30. The molecule has 4 rings (SSSR count). The molecule has 0 radical (unpaired) electrons. The topological polar surface area (TPSA) is 88.1 Å².